The molecule has 0 aliphatic carbocycles. The SMILES string of the molecule is CCOC(=O)c1ccc(OC(=O)c2cccc(C)c2)c(OC)c1. The summed E-state index contributed by atoms with van der Waals surface area (Å²) in [6.07, 6.45) is 0. The van der Waals surface area contributed by atoms with Crippen molar-refractivity contribution in [3.05, 3.63) is 59.2 Å². The smallest absolute Gasteiger partial charge is 0.343 e. The maximum atomic E-state index is 12.2. The van der Waals surface area contributed by atoms with E-state index in [0.29, 0.717) is 11.1 Å². The molecule has 0 N–H and O–H groups in total. The van der Waals surface area contributed by atoms with Gasteiger partial charge in [-0.2, -0.15) is 0 Å². The number of aryl methyl sites for hydroxylation is 1. The number of rotatable bonds is 5. The van der Waals surface area contributed by atoms with Crippen molar-refractivity contribution in [2.45, 2.75) is 13.8 Å². The molecule has 2 aromatic rings. The quantitative estimate of drug-likeness (QED) is 0.625. The number of carbonyl (C=O) groups is 2. The molecule has 0 saturated carbocycles. The number of esters is 2. The van der Waals surface area contributed by atoms with Gasteiger partial charge in [0.2, 0.25) is 0 Å². The number of hydrogen-bond acceptors (Lipinski definition) is 5. The fraction of sp³-hybridized carbons (Fsp3) is 0.222. The van der Waals surface area contributed by atoms with Gasteiger partial charge in [0.15, 0.2) is 11.5 Å². The van der Waals surface area contributed by atoms with E-state index in [0.717, 1.165) is 5.56 Å². The van der Waals surface area contributed by atoms with Crippen molar-refractivity contribution in [1.29, 1.82) is 0 Å². The molecule has 0 spiro atoms. The summed E-state index contributed by atoms with van der Waals surface area (Å²) in [5.74, 6) is -0.415. The maximum absolute atomic E-state index is 12.2. The minimum Gasteiger partial charge on any atom is -0.493 e. The van der Waals surface area contributed by atoms with Crippen LogP contribution in [0.15, 0.2) is 42.5 Å². The Labute approximate surface area is 134 Å². The molecule has 0 saturated heterocycles. The molecule has 23 heavy (non-hydrogen) atoms. The van der Waals surface area contributed by atoms with Crippen molar-refractivity contribution in [2.24, 2.45) is 0 Å². The lowest BCUT2D eigenvalue weighted by atomic mass is 10.1. The summed E-state index contributed by atoms with van der Waals surface area (Å²) < 4.78 is 15.5. The Balaban J connectivity index is 2.22. The standard InChI is InChI=1S/C18H18O5/c1-4-22-17(19)14-8-9-15(16(11-14)21-3)23-18(20)13-7-5-6-12(2)10-13/h5-11H,4H2,1-3H3. The van der Waals surface area contributed by atoms with Crippen LogP contribution in [0.2, 0.25) is 0 Å². The van der Waals surface area contributed by atoms with Gasteiger partial charge in [0.25, 0.3) is 0 Å². The average molecular weight is 314 g/mol. The van der Waals surface area contributed by atoms with Crippen molar-refractivity contribution in [2.75, 3.05) is 13.7 Å². The molecule has 2 rings (SSSR count). The van der Waals surface area contributed by atoms with Crippen LogP contribution in [0.3, 0.4) is 0 Å². The van der Waals surface area contributed by atoms with Gasteiger partial charge in [0.05, 0.1) is 24.8 Å². The number of benzene rings is 2. The average Bonchev–Trinajstić information content (AvgIpc) is 2.55. The molecule has 0 aliphatic rings. The highest BCUT2D eigenvalue weighted by Gasteiger charge is 2.15. The van der Waals surface area contributed by atoms with E-state index in [2.05, 4.69) is 0 Å². The van der Waals surface area contributed by atoms with Gasteiger partial charge in [0, 0.05) is 0 Å². The Morgan fingerprint density at radius 1 is 0.957 bits per heavy atom. The van der Waals surface area contributed by atoms with Crippen molar-refractivity contribution in [1.82, 2.24) is 0 Å². The zero-order valence-electron chi connectivity index (χ0n) is 13.3. The lowest BCUT2D eigenvalue weighted by Crippen LogP contribution is -2.10. The van der Waals surface area contributed by atoms with E-state index < -0.39 is 11.9 Å². The van der Waals surface area contributed by atoms with Crippen molar-refractivity contribution >= 4 is 11.9 Å². The first-order valence-electron chi connectivity index (χ1n) is 7.19. The van der Waals surface area contributed by atoms with Crippen molar-refractivity contribution in [3.8, 4) is 11.5 Å². The van der Waals surface area contributed by atoms with E-state index in [-0.39, 0.29) is 18.1 Å². The lowest BCUT2D eigenvalue weighted by Gasteiger charge is -2.11. The van der Waals surface area contributed by atoms with E-state index in [1.54, 1.807) is 25.1 Å². The molecule has 5 heteroatoms. The Kier molecular flexibility index (Phi) is 5.36. The van der Waals surface area contributed by atoms with Gasteiger partial charge in [-0.25, -0.2) is 9.59 Å². The second-order valence-electron chi connectivity index (χ2n) is 4.85. The third-order valence-electron chi connectivity index (χ3n) is 3.13. The molecule has 2 aromatic carbocycles. The highest BCUT2D eigenvalue weighted by atomic mass is 16.6. The maximum Gasteiger partial charge on any atom is 0.343 e. The van der Waals surface area contributed by atoms with Crippen molar-refractivity contribution in [3.63, 3.8) is 0 Å². The zero-order valence-corrected chi connectivity index (χ0v) is 13.3. The molecule has 0 radical (unpaired) electrons. The number of carbonyl (C=O) groups excluding carboxylic acids is 2. The Bertz CT molecular complexity index is 721. The molecule has 5 nitrogen and oxygen atoms in total. The van der Waals surface area contributed by atoms with E-state index in [9.17, 15) is 9.59 Å². The molecule has 0 fully saturated rings. The van der Waals surface area contributed by atoms with Crippen LogP contribution in [-0.2, 0) is 4.74 Å². The van der Waals surface area contributed by atoms with Gasteiger partial charge >= 0.3 is 11.9 Å². The summed E-state index contributed by atoms with van der Waals surface area (Å²) in [5, 5.41) is 0. The highest BCUT2D eigenvalue weighted by Crippen LogP contribution is 2.29. The van der Waals surface area contributed by atoms with Crippen LogP contribution >= 0.6 is 0 Å². The molecule has 0 aromatic heterocycles. The highest BCUT2D eigenvalue weighted by molar-refractivity contribution is 5.93. The second kappa shape index (κ2) is 7.45. The number of hydrogen-bond donors (Lipinski definition) is 0. The number of ether oxygens (including phenoxy) is 3. The van der Waals surface area contributed by atoms with Crippen LogP contribution in [0.25, 0.3) is 0 Å². The molecule has 0 heterocycles. The Hall–Kier alpha value is -2.82. The third-order valence-corrected chi connectivity index (χ3v) is 3.13. The number of methoxy groups -OCH3 is 1. The second-order valence-corrected chi connectivity index (χ2v) is 4.85. The summed E-state index contributed by atoms with van der Waals surface area (Å²) in [5.41, 5.74) is 1.74. The Morgan fingerprint density at radius 2 is 1.70 bits per heavy atom. The van der Waals surface area contributed by atoms with Crippen LogP contribution in [-0.4, -0.2) is 25.7 Å². The van der Waals surface area contributed by atoms with E-state index in [1.165, 1.54) is 25.3 Å². The predicted molar refractivity (Wildman–Crippen MR) is 85.1 cm³/mol. The van der Waals surface area contributed by atoms with Gasteiger partial charge in [0.1, 0.15) is 0 Å². The van der Waals surface area contributed by atoms with Crippen molar-refractivity contribution < 1.29 is 23.8 Å². The zero-order chi connectivity index (χ0) is 16.8. The summed E-state index contributed by atoms with van der Waals surface area (Å²) in [7, 11) is 1.44. The molecule has 0 amide bonds. The van der Waals surface area contributed by atoms with Crippen LogP contribution in [0, 0.1) is 6.92 Å². The molecular formula is C18H18O5. The first-order chi connectivity index (χ1) is 11.0. The minimum absolute atomic E-state index is 0.243. The molecular weight excluding hydrogens is 296 g/mol. The fourth-order valence-corrected chi connectivity index (χ4v) is 2.02. The molecule has 0 bridgehead atoms. The Morgan fingerprint density at radius 3 is 2.35 bits per heavy atom. The fourth-order valence-electron chi connectivity index (χ4n) is 2.02. The van der Waals surface area contributed by atoms with Gasteiger partial charge < -0.3 is 14.2 Å². The van der Waals surface area contributed by atoms with Gasteiger partial charge in [-0.15, -0.1) is 0 Å². The first-order valence-corrected chi connectivity index (χ1v) is 7.19. The van der Waals surface area contributed by atoms with E-state index in [4.69, 9.17) is 14.2 Å². The van der Waals surface area contributed by atoms with Crippen LogP contribution in [0.1, 0.15) is 33.2 Å². The summed E-state index contributed by atoms with van der Waals surface area (Å²) in [4.78, 5) is 23.9. The molecule has 120 valence electrons. The largest absolute Gasteiger partial charge is 0.493 e. The van der Waals surface area contributed by atoms with Crippen LogP contribution < -0.4 is 9.47 Å². The topological polar surface area (TPSA) is 61.8 Å². The summed E-state index contributed by atoms with van der Waals surface area (Å²) in [6.45, 7) is 3.91. The predicted octanol–water partition coefficient (Wildman–Crippen LogP) is 3.40. The van der Waals surface area contributed by atoms with Gasteiger partial charge in [-0.05, 0) is 44.2 Å². The van der Waals surface area contributed by atoms with Crippen LogP contribution in [0.5, 0.6) is 11.5 Å². The minimum atomic E-state index is -0.490. The first kappa shape index (κ1) is 16.5. The third kappa shape index (κ3) is 4.10. The summed E-state index contributed by atoms with van der Waals surface area (Å²) in [6, 6.07) is 11.6. The molecule has 0 aliphatic heterocycles. The monoisotopic (exact) mass is 314 g/mol. The lowest BCUT2D eigenvalue weighted by molar-refractivity contribution is 0.0526. The van der Waals surface area contributed by atoms with Gasteiger partial charge in [-0.3, -0.25) is 0 Å². The van der Waals surface area contributed by atoms with Crippen LogP contribution in [0.4, 0.5) is 0 Å². The molecule has 0 atom stereocenters. The normalized spacial score (nSPS) is 10.0. The van der Waals surface area contributed by atoms with E-state index >= 15 is 0 Å². The molecule has 0 unspecified atom stereocenters. The van der Waals surface area contributed by atoms with Gasteiger partial charge in [-0.1, -0.05) is 17.7 Å². The summed E-state index contributed by atoms with van der Waals surface area (Å²) >= 11 is 0. The van der Waals surface area contributed by atoms with E-state index in [1.807, 2.05) is 13.0 Å².